The molecule has 0 bridgehead atoms. The molecule has 2 aromatic carbocycles. The number of rotatable bonds is 8. The van der Waals surface area contributed by atoms with Crippen LogP contribution in [0.4, 0.5) is 0 Å². The van der Waals surface area contributed by atoms with E-state index in [0.717, 1.165) is 0 Å². The first-order valence-corrected chi connectivity index (χ1v) is 17.2. The predicted molar refractivity (Wildman–Crippen MR) is 130 cm³/mol. The molecule has 0 aromatic heterocycles. The van der Waals surface area contributed by atoms with E-state index in [2.05, 4.69) is 90.1 Å². The zero-order valence-electron chi connectivity index (χ0n) is 20.0. The monoisotopic (exact) mass is 500 g/mol. The Labute approximate surface area is 195 Å². The summed E-state index contributed by atoms with van der Waals surface area (Å²) in [6.07, 6.45) is 2.37. The molecule has 31 heavy (non-hydrogen) atoms. The Hall–Kier alpha value is -1.07. The van der Waals surface area contributed by atoms with Gasteiger partial charge in [-0.1, -0.05) is 125 Å². The van der Waals surface area contributed by atoms with Gasteiger partial charge in [0.15, 0.2) is 0 Å². The summed E-state index contributed by atoms with van der Waals surface area (Å²) in [7, 11) is -0.485. The van der Waals surface area contributed by atoms with Crippen molar-refractivity contribution in [3.8, 4) is 0 Å². The number of benzene rings is 2. The van der Waals surface area contributed by atoms with Crippen LogP contribution in [0, 0.1) is 0 Å². The fourth-order valence-corrected chi connectivity index (χ4v) is 8.22. The van der Waals surface area contributed by atoms with Crippen molar-refractivity contribution in [3.63, 3.8) is 0 Å². The first kappa shape index (κ1) is 29.9. The molecule has 0 unspecified atom stereocenters. The fourth-order valence-electron chi connectivity index (χ4n) is 3.61. The van der Waals surface area contributed by atoms with Crippen molar-refractivity contribution in [2.75, 3.05) is 0 Å². The van der Waals surface area contributed by atoms with Crippen molar-refractivity contribution in [2.45, 2.75) is 78.6 Å². The first-order valence-electron chi connectivity index (χ1n) is 11.2. The van der Waals surface area contributed by atoms with E-state index in [1.165, 1.54) is 37.0 Å². The van der Waals surface area contributed by atoms with E-state index < -0.39 is 13.6 Å². The van der Waals surface area contributed by atoms with Gasteiger partial charge in [-0.2, -0.15) is 0 Å². The van der Waals surface area contributed by atoms with Crippen LogP contribution in [0.2, 0.25) is 24.2 Å². The topological polar surface area (TPSA) is 74.6 Å². The second-order valence-corrected chi connectivity index (χ2v) is 14.8. The molecule has 0 aliphatic carbocycles. The standard InChI is InChI=1S/2C12H19Si.Cr.2H2O.2O/c2*1-4-11-9-7-8-10-12(11)13(5-2)6-3;;;;;/h2*7-10H,4-6H2,1-3H3;;2*1H2;;/q;;+2;;;;/p-2. The van der Waals surface area contributed by atoms with E-state index in [1.54, 1.807) is 21.5 Å². The Morgan fingerprint density at radius 1 is 0.613 bits per heavy atom. The first-order chi connectivity index (χ1) is 14.7. The summed E-state index contributed by atoms with van der Waals surface area (Å²) in [5.41, 5.74) is 3.14. The van der Waals surface area contributed by atoms with Gasteiger partial charge in [-0.25, -0.2) is 0 Å². The maximum absolute atomic E-state index is 8.82. The molecule has 0 aliphatic rings. The molecule has 2 radical (unpaired) electrons. The van der Waals surface area contributed by atoms with Gasteiger partial charge in [0.05, 0.1) is 17.6 Å². The molecular weight excluding hydrogens is 460 g/mol. The van der Waals surface area contributed by atoms with Crippen molar-refractivity contribution in [1.82, 2.24) is 0 Å². The molecule has 0 aliphatic heterocycles. The summed E-state index contributed by atoms with van der Waals surface area (Å²) >= 11 is -5.25. The second-order valence-electron chi connectivity index (χ2n) is 7.09. The molecule has 0 spiro atoms. The van der Waals surface area contributed by atoms with Crippen LogP contribution in [-0.2, 0) is 34.1 Å². The molecule has 4 nitrogen and oxygen atoms in total. The molecule has 0 heterocycles. The van der Waals surface area contributed by atoms with E-state index in [-0.39, 0.29) is 17.6 Å². The van der Waals surface area contributed by atoms with Crippen molar-refractivity contribution in [3.05, 3.63) is 59.7 Å². The minimum absolute atomic E-state index is 0.243. The molecule has 0 saturated heterocycles. The molecular formula is C24H40CrO4Si2. The van der Waals surface area contributed by atoms with Gasteiger partial charge in [0.25, 0.3) is 0 Å². The van der Waals surface area contributed by atoms with Crippen molar-refractivity contribution < 1.29 is 29.5 Å². The van der Waals surface area contributed by atoms with Crippen LogP contribution in [0.5, 0.6) is 0 Å². The maximum atomic E-state index is 8.82. The minimum atomic E-state index is -5.25. The summed E-state index contributed by atoms with van der Waals surface area (Å²) in [5, 5.41) is 3.33. The third-order valence-corrected chi connectivity index (χ3v) is 11.2. The van der Waals surface area contributed by atoms with Crippen LogP contribution in [0.1, 0.15) is 52.7 Å². The molecule has 0 fully saturated rings. The van der Waals surface area contributed by atoms with Crippen LogP contribution < -0.4 is 10.4 Å². The van der Waals surface area contributed by atoms with E-state index in [1.807, 2.05) is 0 Å². The summed E-state index contributed by atoms with van der Waals surface area (Å²) in [6, 6.07) is 23.4. The summed E-state index contributed by atoms with van der Waals surface area (Å²) in [5.74, 6) is 0. The average Bonchev–Trinajstić information content (AvgIpc) is 2.75. The summed E-state index contributed by atoms with van der Waals surface area (Å²) in [6.45, 7) is 13.8. The van der Waals surface area contributed by atoms with Crippen LogP contribution in [0.3, 0.4) is 0 Å². The van der Waals surface area contributed by atoms with Gasteiger partial charge in [0.1, 0.15) is 0 Å². The quantitative estimate of drug-likeness (QED) is 0.519. The normalized spacial score (nSPS) is 10.9. The van der Waals surface area contributed by atoms with E-state index in [4.69, 9.17) is 15.9 Å². The molecule has 2 N–H and O–H groups in total. The Morgan fingerprint density at radius 3 is 1.10 bits per heavy atom. The molecule has 0 saturated carbocycles. The van der Waals surface area contributed by atoms with Gasteiger partial charge < -0.3 is 0 Å². The zero-order valence-corrected chi connectivity index (χ0v) is 23.3. The van der Waals surface area contributed by atoms with E-state index >= 15 is 0 Å². The van der Waals surface area contributed by atoms with Gasteiger partial charge >= 0.3 is 29.5 Å². The summed E-state index contributed by atoms with van der Waals surface area (Å²) in [4.78, 5) is 0. The van der Waals surface area contributed by atoms with Gasteiger partial charge in [-0.15, -0.1) is 0 Å². The molecule has 0 atom stereocenters. The van der Waals surface area contributed by atoms with Crippen molar-refractivity contribution >= 4 is 28.0 Å². The molecule has 2 rings (SSSR count). The SMILES string of the molecule is CCc1ccccc1[Si](CC)CC.CCc1ccccc1[Si](CC)CC.[O]=[Cr](=[O])([OH])[OH]. The second kappa shape index (κ2) is 16.5. The Kier molecular flexibility index (Phi) is 16.0. The third kappa shape index (κ3) is 12.5. The molecule has 0 amide bonds. The Balaban J connectivity index is 0.000000479. The predicted octanol–water partition coefficient (Wildman–Crippen LogP) is 4.63. The molecule has 174 valence electrons. The zero-order chi connectivity index (χ0) is 23.9. The van der Waals surface area contributed by atoms with Gasteiger partial charge in [0, 0.05) is 0 Å². The number of hydrogen-bond donors (Lipinski definition) is 2. The van der Waals surface area contributed by atoms with Crippen LogP contribution in [0.15, 0.2) is 48.5 Å². The number of aryl methyl sites for hydroxylation is 2. The summed E-state index contributed by atoms with van der Waals surface area (Å²) < 4.78 is 31.9. The van der Waals surface area contributed by atoms with Crippen molar-refractivity contribution in [2.24, 2.45) is 0 Å². The Morgan fingerprint density at radius 2 is 0.871 bits per heavy atom. The molecule has 2 aromatic rings. The Bertz CT molecular complexity index is 769. The van der Waals surface area contributed by atoms with Gasteiger partial charge in [-0.3, -0.25) is 0 Å². The van der Waals surface area contributed by atoms with E-state index in [0.29, 0.717) is 0 Å². The van der Waals surface area contributed by atoms with Gasteiger partial charge in [-0.05, 0) is 24.0 Å². The van der Waals surface area contributed by atoms with Crippen LogP contribution >= 0.6 is 0 Å². The van der Waals surface area contributed by atoms with Gasteiger partial charge in [0.2, 0.25) is 0 Å². The fraction of sp³-hybridized carbons (Fsp3) is 0.500. The third-order valence-electron chi connectivity index (χ3n) is 5.27. The number of hydrogen-bond acceptors (Lipinski definition) is 2. The van der Waals surface area contributed by atoms with E-state index in [9.17, 15) is 0 Å². The average molecular weight is 501 g/mol. The van der Waals surface area contributed by atoms with Crippen LogP contribution in [-0.4, -0.2) is 25.9 Å². The molecule has 7 heteroatoms. The van der Waals surface area contributed by atoms with Crippen molar-refractivity contribution in [1.29, 1.82) is 0 Å². The van der Waals surface area contributed by atoms with Crippen LogP contribution in [0.25, 0.3) is 0 Å².